The summed E-state index contributed by atoms with van der Waals surface area (Å²) in [4.78, 5) is 5.24. The first-order chi connectivity index (χ1) is 8.34. The highest BCUT2D eigenvalue weighted by Crippen LogP contribution is 2.20. The molecule has 3 rings (SSSR count). The maximum absolute atomic E-state index is 14.2. The van der Waals surface area contributed by atoms with E-state index in [1.54, 1.807) is 6.20 Å². The highest BCUT2D eigenvalue weighted by Gasteiger charge is 2.14. The molecule has 1 aliphatic rings. The molecule has 2 N–H and O–H groups in total. The Kier molecular flexibility index (Phi) is 2.82. The number of hydrogen-bond donors (Lipinski definition) is 2. The zero-order valence-corrected chi connectivity index (χ0v) is 9.67. The lowest BCUT2D eigenvalue weighted by Crippen LogP contribution is -2.43. The van der Waals surface area contributed by atoms with Crippen LogP contribution >= 0.6 is 0 Å². The van der Waals surface area contributed by atoms with Crippen LogP contribution in [0.15, 0.2) is 24.4 Å². The van der Waals surface area contributed by atoms with Crippen molar-refractivity contribution in [3.8, 4) is 0 Å². The molecule has 1 saturated heterocycles. The first-order valence-electron chi connectivity index (χ1n) is 6.02. The van der Waals surface area contributed by atoms with Crippen molar-refractivity contribution >= 4 is 10.9 Å². The number of rotatable bonds is 2. The Bertz CT molecular complexity index is 514. The maximum atomic E-state index is 14.2. The number of aromatic nitrogens is 1. The van der Waals surface area contributed by atoms with Gasteiger partial charge in [-0.05, 0) is 6.07 Å². The Morgan fingerprint density at radius 1 is 1.18 bits per heavy atom. The lowest BCUT2D eigenvalue weighted by molar-refractivity contribution is 0.230. The second-order valence-corrected chi connectivity index (χ2v) is 4.51. The summed E-state index contributed by atoms with van der Waals surface area (Å²) in [7, 11) is 0. The highest BCUT2D eigenvalue weighted by atomic mass is 19.1. The van der Waals surface area contributed by atoms with Crippen LogP contribution in [-0.4, -0.2) is 36.1 Å². The number of nitrogens with zero attached hydrogens (tertiary/aromatic N) is 1. The van der Waals surface area contributed by atoms with Crippen LogP contribution in [0.2, 0.25) is 0 Å². The fraction of sp³-hybridized carbons (Fsp3) is 0.385. The van der Waals surface area contributed by atoms with Crippen molar-refractivity contribution in [3.05, 3.63) is 35.8 Å². The number of hydrogen-bond acceptors (Lipinski definition) is 2. The summed E-state index contributed by atoms with van der Waals surface area (Å²) in [5.41, 5.74) is 1.40. The summed E-state index contributed by atoms with van der Waals surface area (Å²) >= 11 is 0. The number of halogens is 1. The van der Waals surface area contributed by atoms with E-state index in [1.165, 1.54) is 0 Å². The van der Waals surface area contributed by atoms with E-state index < -0.39 is 0 Å². The van der Waals surface area contributed by atoms with E-state index in [4.69, 9.17) is 0 Å². The number of nitrogens with one attached hydrogen (secondary N) is 2. The van der Waals surface area contributed by atoms with Gasteiger partial charge in [0.1, 0.15) is 0 Å². The van der Waals surface area contributed by atoms with Gasteiger partial charge in [0.05, 0.1) is 5.52 Å². The second-order valence-electron chi connectivity index (χ2n) is 4.51. The number of fused-ring (bicyclic) bond motifs is 1. The normalized spacial score (nSPS) is 17.7. The third kappa shape index (κ3) is 2.06. The van der Waals surface area contributed by atoms with Crippen molar-refractivity contribution in [2.24, 2.45) is 0 Å². The SMILES string of the molecule is Fc1c(CN2CCNCC2)ccc2cc[nH]c12. The zero-order valence-electron chi connectivity index (χ0n) is 9.67. The van der Waals surface area contributed by atoms with Gasteiger partial charge in [0, 0.05) is 49.9 Å². The monoisotopic (exact) mass is 233 g/mol. The van der Waals surface area contributed by atoms with E-state index in [2.05, 4.69) is 15.2 Å². The van der Waals surface area contributed by atoms with Gasteiger partial charge in [-0.15, -0.1) is 0 Å². The quantitative estimate of drug-likeness (QED) is 0.827. The molecule has 0 spiro atoms. The Hall–Kier alpha value is -1.39. The second kappa shape index (κ2) is 4.47. The highest BCUT2D eigenvalue weighted by molar-refractivity contribution is 5.80. The molecule has 2 heterocycles. The summed E-state index contributed by atoms with van der Waals surface area (Å²) in [5.74, 6) is -0.106. The number of aromatic amines is 1. The summed E-state index contributed by atoms with van der Waals surface area (Å²) in [6.07, 6.45) is 1.78. The molecule has 0 aliphatic carbocycles. The van der Waals surface area contributed by atoms with Gasteiger partial charge in [0.2, 0.25) is 0 Å². The van der Waals surface area contributed by atoms with Gasteiger partial charge in [0.15, 0.2) is 5.82 Å². The molecule has 0 atom stereocenters. The molecule has 1 fully saturated rings. The lowest BCUT2D eigenvalue weighted by atomic mass is 10.1. The smallest absolute Gasteiger partial charge is 0.151 e. The fourth-order valence-electron chi connectivity index (χ4n) is 2.37. The molecule has 1 aliphatic heterocycles. The Labute approximate surface area is 99.6 Å². The molecule has 3 nitrogen and oxygen atoms in total. The first kappa shape index (κ1) is 10.7. The fourth-order valence-corrected chi connectivity index (χ4v) is 2.37. The Morgan fingerprint density at radius 3 is 2.82 bits per heavy atom. The van der Waals surface area contributed by atoms with Crippen LogP contribution in [0.25, 0.3) is 10.9 Å². The molecule has 0 bridgehead atoms. The predicted octanol–water partition coefficient (Wildman–Crippen LogP) is 1.71. The van der Waals surface area contributed by atoms with E-state index in [1.807, 2.05) is 18.2 Å². The van der Waals surface area contributed by atoms with Crippen LogP contribution in [0.4, 0.5) is 4.39 Å². The Balaban J connectivity index is 1.86. The van der Waals surface area contributed by atoms with E-state index in [0.717, 1.165) is 37.1 Å². The van der Waals surface area contributed by atoms with Gasteiger partial charge >= 0.3 is 0 Å². The molecule has 0 amide bonds. The van der Waals surface area contributed by atoms with Crippen LogP contribution in [0.3, 0.4) is 0 Å². The van der Waals surface area contributed by atoms with Gasteiger partial charge in [-0.2, -0.15) is 0 Å². The van der Waals surface area contributed by atoms with Gasteiger partial charge < -0.3 is 10.3 Å². The van der Waals surface area contributed by atoms with Crippen LogP contribution in [0.5, 0.6) is 0 Å². The van der Waals surface area contributed by atoms with Gasteiger partial charge in [-0.3, -0.25) is 4.90 Å². The largest absolute Gasteiger partial charge is 0.359 e. The number of piperazine rings is 1. The van der Waals surface area contributed by atoms with Crippen molar-refractivity contribution in [3.63, 3.8) is 0 Å². The van der Waals surface area contributed by atoms with Crippen molar-refractivity contribution in [1.29, 1.82) is 0 Å². The van der Waals surface area contributed by atoms with E-state index >= 15 is 0 Å². The van der Waals surface area contributed by atoms with Gasteiger partial charge in [-0.1, -0.05) is 12.1 Å². The van der Waals surface area contributed by atoms with Crippen molar-refractivity contribution in [1.82, 2.24) is 15.2 Å². The van der Waals surface area contributed by atoms with Crippen molar-refractivity contribution < 1.29 is 4.39 Å². The minimum absolute atomic E-state index is 0.106. The lowest BCUT2D eigenvalue weighted by Gasteiger charge is -2.27. The molecule has 0 unspecified atom stereocenters. The van der Waals surface area contributed by atoms with Crippen molar-refractivity contribution in [2.75, 3.05) is 26.2 Å². The predicted molar refractivity (Wildman–Crippen MR) is 66.4 cm³/mol. The van der Waals surface area contributed by atoms with Crippen LogP contribution in [0.1, 0.15) is 5.56 Å². The molecule has 90 valence electrons. The summed E-state index contributed by atoms with van der Waals surface area (Å²) in [6, 6.07) is 5.77. The van der Waals surface area contributed by atoms with Gasteiger partial charge in [0.25, 0.3) is 0 Å². The Morgan fingerprint density at radius 2 is 2.00 bits per heavy atom. The van der Waals surface area contributed by atoms with E-state index in [9.17, 15) is 4.39 Å². The third-order valence-corrected chi connectivity index (χ3v) is 3.35. The van der Waals surface area contributed by atoms with Crippen molar-refractivity contribution in [2.45, 2.75) is 6.54 Å². The molecule has 17 heavy (non-hydrogen) atoms. The molecule has 0 saturated carbocycles. The average Bonchev–Trinajstić information content (AvgIpc) is 2.83. The molecule has 0 radical (unpaired) electrons. The van der Waals surface area contributed by atoms with Crippen LogP contribution < -0.4 is 5.32 Å². The van der Waals surface area contributed by atoms with Gasteiger partial charge in [-0.25, -0.2) is 4.39 Å². The van der Waals surface area contributed by atoms with Crippen LogP contribution in [0, 0.1) is 5.82 Å². The molecule has 1 aromatic heterocycles. The third-order valence-electron chi connectivity index (χ3n) is 3.35. The zero-order chi connectivity index (χ0) is 11.7. The van der Waals surface area contributed by atoms with E-state index in [-0.39, 0.29) is 5.82 Å². The summed E-state index contributed by atoms with van der Waals surface area (Å²) < 4.78 is 14.2. The average molecular weight is 233 g/mol. The minimum atomic E-state index is -0.106. The maximum Gasteiger partial charge on any atom is 0.151 e. The standard InChI is InChI=1S/C13H16FN3/c14-12-11(9-17-7-5-15-6-8-17)2-1-10-3-4-16-13(10)12/h1-4,15-16H,5-9H2. The first-order valence-corrected chi connectivity index (χ1v) is 6.02. The topological polar surface area (TPSA) is 31.1 Å². The molecule has 2 aromatic rings. The minimum Gasteiger partial charge on any atom is -0.359 e. The van der Waals surface area contributed by atoms with Crippen LogP contribution in [-0.2, 0) is 6.54 Å². The summed E-state index contributed by atoms with van der Waals surface area (Å²) in [5, 5.41) is 4.24. The summed E-state index contributed by atoms with van der Waals surface area (Å²) in [6.45, 7) is 4.66. The molecular weight excluding hydrogens is 217 g/mol. The molecule has 1 aromatic carbocycles. The molecule has 4 heteroatoms. The van der Waals surface area contributed by atoms with E-state index in [0.29, 0.717) is 12.1 Å². The number of H-pyrrole nitrogens is 1. The number of benzene rings is 1. The molecular formula is C13H16FN3.